The molecular formula is C17H21N5O3. The molecule has 8 nitrogen and oxygen atoms in total. The summed E-state index contributed by atoms with van der Waals surface area (Å²) in [4.78, 5) is 38.0. The first-order valence-electron chi connectivity index (χ1n) is 8.16. The molecule has 132 valence electrons. The van der Waals surface area contributed by atoms with Gasteiger partial charge in [-0.3, -0.25) is 14.2 Å². The van der Waals surface area contributed by atoms with Crippen molar-refractivity contribution in [3.8, 4) is 0 Å². The highest BCUT2D eigenvalue weighted by atomic mass is 16.2. The van der Waals surface area contributed by atoms with Gasteiger partial charge in [0, 0.05) is 20.1 Å². The minimum atomic E-state index is -0.544. The fourth-order valence-corrected chi connectivity index (χ4v) is 2.85. The summed E-state index contributed by atoms with van der Waals surface area (Å²) in [6.45, 7) is 2.96. The number of likely N-dealkylation sites (tertiary alicyclic amines) is 1. The van der Waals surface area contributed by atoms with Gasteiger partial charge in [0.25, 0.3) is 0 Å². The van der Waals surface area contributed by atoms with Gasteiger partial charge in [0.1, 0.15) is 18.9 Å². The number of nitrogens with zero attached hydrogens (tertiary/aromatic N) is 4. The van der Waals surface area contributed by atoms with Crippen LogP contribution in [-0.2, 0) is 29.7 Å². The van der Waals surface area contributed by atoms with Crippen LogP contribution in [0.15, 0.2) is 35.4 Å². The quantitative estimate of drug-likeness (QED) is 0.815. The Hall–Kier alpha value is -2.90. The van der Waals surface area contributed by atoms with E-state index in [2.05, 4.69) is 10.4 Å². The Balaban J connectivity index is 1.56. The summed E-state index contributed by atoms with van der Waals surface area (Å²) in [5.41, 5.74) is 1.87. The number of nitrogens with one attached hydrogen (secondary N) is 1. The van der Waals surface area contributed by atoms with Crippen LogP contribution in [-0.4, -0.2) is 43.6 Å². The third-order valence-corrected chi connectivity index (χ3v) is 4.31. The first kappa shape index (κ1) is 16.9. The van der Waals surface area contributed by atoms with Gasteiger partial charge in [-0.25, -0.2) is 9.48 Å². The van der Waals surface area contributed by atoms with Crippen molar-refractivity contribution in [1.82, 2.24) is 24.6 Å². The molecule has 0 radical (unpaired) electrons. The highest BCUT2D eigenvalue weighted by Crippen LogP contribution is 2.15. The Morgan fingerprint density at radius 3 is 2.64 bits per heavy atom. The Labute approximate surface area is 145 Å². The summed E-state index contributed by atoms with van der Waals surface area (Å²) < 4.78 is 2.36. The smallest absolute Gasteiger partial charge is 0.343 e. The number of aromatic nitrogens is 3. The van der Waals surface area contributed by atoms with Crippen molar-refractivity contribution in [1.29, 1.82) is 0 Å². The fourth-order valence-electron chi connectivity index (χ4n) is 2.85. The van der Waals surface area contributed by atoms with Gasteiger partial charge >= 0.3 is 5.69 Å². The van der Waals surface area contributed by atoms with Gasteiger partial charge in [-0.15, -0.1) is 0 Å². The Kier molecular flexibility index (Phi) is 4.69. The fraction of sp³-hybridized carbons (Fsp3) is 0.412. The molecular weight excluding hydrogens is 322 g/mol. The number of benzene rings is 1. The van der Waals surface area contributed by atoms with Crippen LogP contribution in [0.2, 0.25) is 0 Å². The minimum absolute atomic E-state index is 0.0951. The maximum atomic E-state index is 12.5. The molecule has 1 aliphatic heterocycles. The summed E-state index contributed by atoms with van der Waals surface area (Å²) in [5, 5.41) is 6.54. The highest BCUT2D eigenvalue weighted by molar-refractivity contribution is 5.89. The summed E-state index contributed by atoms with van der Waals surface area (Å²) in [5.74, 6) is -0.487. The van der Waals surface area contributed by atoms with E-state index in [0.717, 1.165) is 10.2 Å². The number of rotatable bonds is 5. The number of carbonyl (C=O) groups excluding carboxylic acids is 2. The first-order chi connectivity index (χ1) is 11.9. The molecule has 1 aromatic carbocycles. The minimum Gasteiger partial charge on any atom is -0.343 e. The van der Waals surface area contributed by atoms with E-state index in [4.69, 9.17) is 0 Å². The lowest BCUT2D eigenvalue weighted by atomic mass is 10.1. The molecule has 0 bridgehead atoms. The first-order valence-corrected chi connectivity index (χ1v) is 8.16. The van der Waals surface area contributed by atoms with Crippen LogP contribution in [0.5, 0.6) is 0 Å². The van der Waals surface area contributed by atoms with Crippen molar-refractivity contribution < 1.29 is 9.59 Å². The maximum Gasteiger partial charge on any atom is 0.345 e. The average molecular weight is 343 g/mol. The standard InChI is InChI=1S/C17H21N5O3/c1-12-3-5-13(6-4-12)9-21-8-7-14(16(21)24)19-15(23)10-22-17(25)20(2)11-18-22/h3-6,11,14H,7-10H2,1-2H3,(H,19,23)/t14-/m0/s1. The van der Waals surface area contributed by atoms with Crippen molar-refractivity contribution in [2.45, 2.75) is 32.5 Å². The lowest BCUT2D eigenvalue weighted by molar-refractivity contribution is -0.133. The normalized spacial score (nSPS) is 17.1. The topological polar surface area (TPSA) is 89.2 Å². The molecule has 1 atom stereocenters. The summed E-state index contributed by atoms with van der Waals surface area (Å²) in [6, 6.07) is 7.49. The molecule has 25 heavy (non-hydrogen) atoms. The van der Waals surface area contributed by atoms with Gasteiger partial charge in [-0.2, -0.15) is 5.10 Å². The number of carbonyl (C=O) groups is 2. The zero-order chi connectivity index (χ0) is 18.0. The average Bonchev–Trinajstić information content (AvgIpc) is 3.08. The molecule has 1 fully saturated rings. The number of aryl methyl sites for hydroxylation is 2. The maximum absolute atomic E-state index is 12.5. The largest absolute Gasteiger partial charge is 0.345 e. The van der Waals surface area contributed by atoms with E-state index in [-0.39, 0.29) is 18.1 Å². The molecule has 1 saturated heterocycles. The zero-order valence-corrected chi connectivity index (χ0v) is 14.3. The molecule has 3 rings (SSSR count). The second-order valence-corrected chi connectivity index (χ2v) is 6.34. The molecule has 0 unspecified atom stereocenters. The third kappa shape index (κ3) is 3.78. The van der Waals surface area contributed by atoms with Gasteiger partial charge in [-0.1, -0.05) is 29.8 Å². The number of hydrogen-bond donors (Lipinski definition) is 1. The van der Waals surface area contributed by atoms with Crippen molar-refractivity contribution >= 4 is 11.8 Å². The monoisotopic (exact) mass is 343 g/mol. The van der Waals surface area contributed by atoms with E-state index in [9.17, 15) is 14.4 Å². The van der Waals surface area contributed by atoms with Crippen LogP contribution in [0.25, 0.3) is 0 Å². The van der Waals surface area contributed by atoms with E-state index in [1.807, 2.05) is 31.2 Å². The SMILES string of the molecule is Cc1ccc(CN2CC[C@H](NC(=O)Cn3ncn(C)c3=O)C2=O)cc1. The van der Waals surface area contributed by atoms with Crippen molar-refractivity contribution in [3.05, 3.63) is 52.2 Å². The number of hydrogen-bond acceptors (Lipinski definition) is 4. The predicted octanol–water partition coefficient (Wildman–Crippen LogP) is -0.192. The van der Waals surface area contributed by atoms with Crippen molar-refractivity contribution in [2.24, 2.45) is 7.05 Å². The molecule has 2 aromatic rings. The highest BCUT2D eigenvalue weighted by Gasteiger charge is 2.32. The van der Waals surface area contributed by atoms with Crippen LogP contribution < -0.4 is 11.0 Å². The summed E-state index contributed by atoms with van der Waals surface area (Å²) >= 11 is 0. The third-order valence-electron chi connectivity index (χ3n) is 4.31. The van der Waals surface area contributed by atoms with E-state index in [1.165, 1.54) is 16.5 Å². The van der Waals surface area contributed by atoms with Crippen molar-refractivity contribution in [2.75, 3.05) is 6.54 Å². The summed E-state index contributed by atoms with van der Waals surface area (Å²) in [6.07, 6.45) is 1.91. The Morgan fingerprint density at radius 2 is 2.00 bits per heavy atom. The second kappa shape index (κ2) is 6.92. The molecule has 2 amide bonds. The molecule has 0 spiro atoms. The molecule has 1 aliphatic rings. The van der Waals surface area contributed by atoms with Gasteiger partial charge in [-0.05, 0) is 18.9 Å². The van der Waals surface area contributed by atoms with Crippen LogP contribution in [0.1, 0.15) is 17.5 Å². The van der Waals surface area contributed by atoms with Gasteiger partial charge in [0.15, 0.2) is 0 Å². The Morgan fingerprint density at radius 1 is 1.28 bits per heavy atom. The zero-order valence-electron chi connectivity index (χ0n) is 14.3. The number of amides is 2. The van der Waals surface area contributed by atoms with E-state index in [1.54, 1.807) is 11.9 Å². The molecule has 0 aliphatic carbocycles. The van der Waals surface area contributed by atoms with Gasteiger partial charge in [0.2, 0.25) is 11.8 Å². The van der Waals surface area contributed by atoms with Crippen LogP contribution in [0.4, 0.5) is 0 Å². The Bertz CT molecular complexity index is 837. The van der Waals surface area contributed by atoms with Crippen LogP contribution >= 0.6 is 0 Å². The molecule has 2 heterocycles. The van der Waals surface area contributed by atoms with E-state index in [0.29, 0.717) is 19.5 Å². The van der Waals surface area contributed by atoms with E-state index < -0.39 is 11.9 Å². The second-order valence-electron chi connectivity index (χ2n) is 6.34. The van der Waals surface area contributed by atoms with E-state index >= 15 is 0 Å². The van der Waals surface area contributed by atoms with Crippen LogP contribution in [0, 0.1) is 6.92 Å². The van der Waals surface area contributed by atoms with Crippen LogP contribution in [0.3, 0.4) is 0 Å². The molecule has 8 heteroatoms. The molecule has 1 N–H and O–H groups in total. The van der Waals surface area contributed by atoms with Gasteiger partial charge in [0.05, 0.1) is 0 Å². The summed E-state index contributed by atoms with van der Waals surface area (Å²) in [7, 11) is 1.56. The van der Waals surface area contributed by atoms with Crippen molar-refractivity contribution in [3.63, 3.8) is 0 Å². The lowest BCUT2D eigenvalue weighted by Crippen LogP contribution is -2.43. The molecule has 1 aromatic heterocycles. The van der Waals surface area contributed by atoms with Gasteiger partial charge < -0.3 is 10.2 Å². The predicted molar refractivity (Wildman–Crippen MR) is 90.6 cm³/mol. The molecule has 0 saturated carbocycles. The lowest BCUT2D eigenvalue weighted by Gasteiger charge is -2.17.